The molecule has 1 fully saturated rings. The third-order valence-corrected chi connectivity index (χ3v) is 4.60. The van der Waals surface area contributed by atoms with Gasteiger partial charge in [-0.2, -0.15) is 0 Å². The molecular weight excluding hydrogens is 368 g/mol. The third-order valence-electron chi connectivity index (χ3n) is 4.60. The molecule has 29 heavy (non-hydrogen) atoms. The number of hydrogen-bond donors (Lipinski definition) is 2. The fourth-order valence-corrected chi connectivity index (χ4v) is 3.09. The van der Waals surface area contributed by atoms with Crippen LogP contribution in [0.25, 0.3) is 0 Å². The number of benzene rings is 1. The maximum Gasteiger partial charge on any atom is 0.319 e. The number of morpholine rings is 1. The number of pyridine rings is 1. The Hall–Kier alpha value is -2.64. The Morgan fingerprint density at radius 3 is 2.90 bits per heavy atom. The zero-order chi connectivity index (χ0) is 20.6. The van der Waals surface area contributed by atoms with Crippen molar-refractivity contribution < 1.29 is 14.3 Å². The van der Waals surface area contributed by atoms with Crippen LogP contribution in [0.1, 0.15) is 31.9 Å². The lowest BCUT2D eigenvalue weighted by molar-refractivity contribution is 0.0529. The molecule has 1 aliphatic heterocycles. The molecular formula is C22H30N4O3. The maximum absolute atomic E-state index is 12.2. The molecule has 7 heteroatoms. The molecule has 0 unspecified atom stereocenters. The van der Waals surface area contributed by atoms with E-state index in [1.165, 1.54) is 0 Å². The van der Waals surface area contributed by atoms with E-state index in [1.807, 2.05) is 50.2 Å². The Bertz CT molecular complexity index is 795. The second kappa shape index (κ2) is 10.2. The van der Waals surface area contributed by atoms with Gasteiger partial charge in [-0.15, -0.1) is 0 Å². The zero-order valence-corrected chi connectivity index (χ0v) is 17.4. The van der Waals surface area contributed by atoms with Crippen molar-refractivity contribution in [2.75, 3.05) is 29.9 Å². The number of nitrogens with zero attached hydrogens (tertiary/aromatic N) is 2. The van der Waals surface area contributed by atoms with Gasteiger partial charge in [0.25, 0.3) is 0 Å². The van der Waals surface area contributed by atoms with Crippen LogP contribution in [-0.2, 0) is 22.6 Å². The summed E-state index contributed by atoms with van der Waals surface area (Å²) in [5.41, 5.74) is 2.71. The van der Waals surface area contributed by atoms with Crippen LogP contribution in [0, 0.1) is 0 Å². The molecule has 1 aromatic heterocycles. The van der Waals surface area contributed by atoms with Gasteiger partial charge in [0, 0.05) is 31.5 Å². The number of rotatable bonds is 7. The van der Waals surface area contributed by atoms with Crippen LogP contribution in [0.2, 0.25) is 0 Å². The highest BCUT2D eigenvalue weighted by Crippen LogP contribution is 2.16. The number of carbonyl (C=O) groups is 1. The molecule has 0 bridgehead atoms. The Morgan fingerprint density at radius 2 is 2.17 bits per heavy atom. The van der Waals surface area contributed by atoms with E-state index in [0.717, 1.165) is 42.3 Å². The Labute approximate surface area is 172 Å². The van der Waals surface area contributed by atoms with Gasteiger partial charge in [-0.1, -0.05) is 18.2 Å². The number of ether oxygens (including phenoxy) is 2. The highest BCUT2D eigenvalue weighted by Gasteiger charge is 2.17. The highest BCUT2D eigenvalue weighted by molar-refractivity contribution is 5.89. The third kappa shape index (κ3) is 6.73. The summed E-state index contributed by atoms with van der Waals surface area (Å²) in [5, 5.41) is 5.73. The molecule has 1 aliphatic rings. The molecule has 1 aromatic carbocycles. The Morgan fingerprint density at radius 1 is 1.31 bits per heavy atom. The van der Waals surface area contributed by atoms with Crippen molar-refractivity contribution in [1.82, 2.24) is 10.3 Å². The van der Waals surface area contributed by atoms with E-state index in [1.54, 1.807) is 6.20 Å². The molecule has 1 atom stereocenters. The molecule has 2 N–H and O–H groups in total. The van der Waals surface area contributed by atoms with Crippen LogP contribution in [-0.4, -0.2) is 42.9 Å². The predicted octanol–water partition coefficient (Wildman–Crippen LogP) is 3.55. The van der Waals surface area contributed by atoms with Gasteiger partial charge in [0.2, 0.25) is 0 Å². The molecule has 0 spiro atoms. The van der Waals surface area contributed by atoms with Crippen LogP contribution in [0.3, 0.4) is 0 Å². The summed E-state index contributed by atoms with van der Waals surface area (Å²) >= 11 is 0. The van der Waals surface area contributed by atoms with Crippen LogP contribution < -0.4 is 15.5 Å². The summed E-state index contributed by atoms with van der Waals surface area (Å²) in [6.07, 6.45) is 2.19. The lowest BCUT2D eigenvalue weighted by Gasteiger charge is -2.32. The largest absolute Gasteiger partial charge is 0.375 e. The van der Waals surface area contributed by atoms with E-state index in [-0.39, 0.29) is 18.2 Å². The van der Waals surface area contributed by atoms with Gasteiger partial charge in [0.1, 0.15) is 5.82 Å². The topological polar surface area (TPSA) is 75.7 Å². The number of carbonyl (C=O) groups excluding carboxylic acids is 1. The van der Waals surface area contributed by atoms with Gasteiger partial charge in [0.05, 0.1) is 25.4 Å². The lowest BCUT2D eigenvalue weighted by Crippen LogP contribution is -2.41. The summed E-state index contributed by atoms with van der Waals surface area (Å²) in [5.74, 6) is 0.939. The first kappa shape index (κ1) is 21.1. The first-order chi connectivity index (χ1) is 14.0. The molecule has 2 aromatic rings. The van der Waals surface area contributed by atoms with Crippen molar-refractivity contribution in [2.24, 2.45) is 0 Å². The van der Waals surface area contributed by atoms with E-state index in [4.69, 9.17) is 9.47 Å². The molecule has 1 saturated heterocycles. The number of hydrogen-bond acceptors (Lipinski definition) is 5. The number of aromatic nitrogens is 1. The number of nitrogens with one attached hydrogen (secondary N) is 2. The number of amides is 2. The maximum atomic E-state index is 12.2. The summed E-state index contributed by atoms with van der Waals surface area (Å²) in [4.78, 5) is 19.0. The molecule has 0 aliphatic carbocycles. The van der Waals surface area contributed by atoms with Gasteiger partial charge < -0.3 is 25.0 Å². The lowest BCUT2D eigenvalue weighted by atomic mass is 10.2. The van der Waals surface area contributed by atoms with Crippen LogP contribution in [0.4, 0.5) is 16.3 Å². The van der Waals surface area contributed by atoms with E-state index < -0.39 is 0 Å². The van der Waals surface area contributed by atoms with Crippen LogP contribution in [0.15, 0.2) is 42.6 Å². The summed E-state index contributed by atoms with van der Waals surface area (Å²) in [7, 11) is 0. The molecule has 2 heterocycles. The first-order valence-corrected chi connectivity index (χ1v) is 10.1. The van der Waals surface area contributed by atoms with Crippen molar-refractivity contribution in [2.45, 2.75) is 46.1 Å². The fraction of sp³-hybridized carbons (Fsp3) is 0.455. The monoisotopic (exact) mass is 398 g/mol. The van der Waals surface area contributed by atoms with Gasteiger partial charge in [0.15, 0.2) is 0 Å². The minimum Gasteiger partial charge on any atom is -0.375 e. The SMILES string of the molecule is CC(C)OCc1cccc(NC(=O)NCc2ccc(N3CCO[C@H](C)C3)nc2)c1. The summed E-state index contributed by atoms with van der Waals surface area (Å²) in [6, 6.07) is 11.4. The first-order valence-electron chi connectivity index (χ1n) is 10.1. The second-order valence-electron chi connectivity index (χ2n) is 7.52. The van der Waals surface area contributed by atoms with Gasteiger partial charge in [-0.25, -0.2) is 9.78 Å². The van der Waals surface area contributed by atoms with Crippen LogP contribution >= 0.6 is 0 Å². The molecule has 0 saturated carbocycles. The van der Waals surface area contributed by atoms with E-state index in [2.05, 4.69) is 27.4 Å². The number of urea groups is 1. The molecule has 7 nitrogen and oxygen atoms in total. The van der Waals surface area contributed by atoms with Gasteiger partial charge in [-0.05, 0) is 50.1 Å². The smallest absolute Gasteiger partial charge is 0.319 e. The average molecular weight is 399 g/mol. The number of anilines is 2. The Kier molecular flexibility index (Phi) is 7.43. The minimum atomic E-state index is -0.252. The molecule has 156 valence electrons. The van der Waals surface area contributed by atoms with E-state index in [9.17, 15) is 4.79 Å². The minimum absolute atomic E-state index is 0.168. The van der Waals surface area contributed by atoms with Crippen molar-refractivity contribution in [3.05, 3.63) is 53.7 Å². The van der Waals surface area contributed by atoms with Crippen molar-refractivity contribution in [3.63, 3.8) is 0 Å². The zero-order valence-electron chi connectivity index (χ0n) is 17.4. The second-order valence-corrected chi connectivity index (χ2v) is 7.52. The van der Waals surface area contributed by atoms with Gasteiger partial charge >= 0.3 is 6.03 Å². The van der Waals surface area contributed by atoms with E-state index in [0.29, 0.717) is 13.2 Å². The standard InChI is InChI=1S/C22H30N4O3/c1-16(2)29-15-18-5-4-6-20(11-18)25-22(27)24-13-19-7-8-21(23-12-19)26-9-10-28-17(3)14-26/h4-8,11-12,16-17H,9-10,13-15H2,1-3H3,(H2,24,25,27)/t17-/m1/s1. The van der Waals surface area contributed by atoms with Crippen molar-refractivity contribution in [1.29, 1.82) is 0 Å². The summed E-state index contributed by atoms with van der Waals surface area (Å²) < 4.78 is 11.2. The molecule has 0 radical (unpaired) electrons. The van der Waals surface area contributed by atoms with Crippen LogP contribution in [0.5, 0.6) is 0 Å². The van der Waals surface area contributed by atoms with Gasteiger partial charge in [-0.3, -0.25) is 0 Å². The molecule has 3 rings (SSSR count). The van der Waals surface area contributed by atoms with Crippen molar-refractivity contribution in [3.8, 4) is 0 Å². The average Bonchev–Trinajstić information content (AvgIpc) is 2.71. The van der Waals surface area contributed by atoms with Crippen molar-refractivity contribution >= 4 is 17.5 Å². The quantitative estimate of drug-likeness (QED) is 0.746. The molecule has 2 amide bonds. The Balaban J connectivity index is 1.47. The summed E-state index contributed by atoms with van der Waals surface area (Å²) in [6.45, 7) is 9.40. The van der Waals surface area contributed by atoms with E-state index >= 15 is 0 Å². The predicted molar refractivity (Wildman–Crippen MR) is 114 cm³/mol. The highest BCUT2D eigenvalue weighted by atomic mass is 16.5. The normalized spacial score (nSPS) is 16.7. The fourth-order valence-electron chi connectivity index (χ4n) is 3.09.